The van der Waals surface area contributed by atoms with Crippen molar-refractivity contribution in [2.75, 3.05) is 0 Å². The van der Waals surface area contributed by atoms with Gasteiger partial charge in [0.2, 0.25) is 0 Å². The van der Waals surface area contributed by atoms with Crippen LogP contribution in [0.1, 0.15) is 51.4 Å². The quantitative estimate of drug-likeness (QED) is 0.227. The summed E-state index contributed by atoms with van der Waals surface area (Å²) < 4.78 is 0. The highest BCUT2D eigenvalue weighted by molar-refractivity contribution is 7.19. The van der Waals surface area contributed by atoms with E-state index in [9.17, 15) is 0 Å². The second-order valence-electron chi connectivity index (χ2n) is 4.90. The first-order valence-corrected chi connectivity index (χ1v) is 10.4. The van der Waals surface area contributed by atoms with E-state index in [0.717, 1.165) is 6.42 Å². The molecule has 0 radical (unpaired) electrons. The standard InChI is InChI=1S/C13H25ClSi/c1-4-5-6-7-8-9-10-11-12-13-15(2,3)14/h1H,5-13H2,2-3H3. The first-order valence-electron chi connectivity index (χ1n) is 6.18. The van der Waals surface area contributed by atoms with Gasteiger partial charge in [-0.2, -0.15) is 11.1 Å². The Morgan fingerprint density at radius 1 is 0.933 bits per heavy atom. The average Bonchev–Trinajstić information content (AvgIpc) is 2.14. The van der Waals surface area contributed by atoms with Gasteiger partial charge in [-0.1, -0.05) is 51.6 Å². The molecule has 0 amide bonds. The summed E-state index contributed by atoms with van der Waals surface area (Å²) >= 11 is 6.25. The summed E-state index contributed by atoms with van der Waals surface area (Å²) in [7, 11) is -1.29. The summed E-state index contributed by atoms with van der Waals surface area (Å²) in [5.41, 5.74) is 0. The molecular weight excluding hydrogens is 220 g/mol. The van der Waals surface area contributed by atoms with Crippen molar-refractivity contribution in [1.82, 2.24) is 0 Å². The molecule has 0 fully saturated rings. The van der Waals surface area contributed by atoms with Crippen molar-refractivity contribution in [3.8, 4) is 12.3 Å². The monoisotopic (exact) mass is 244 g/mol. The molecular formula is C13H25ClSi. The van der Waals surface area contributed by atoms with Crippen LogP contribution < -0.4 is 0 Å². The molecule has 0 rings (SSSR count). The lowest BCUT2D eigenvalue weighted by Crippen LogP contribution is -2.14. The molecule has 0 aromatic rings. The summed E-state index contributed by atoms with van der Waals surface area (Å²) in [5, 5.41) is 0. The first-order chi connectivity index (χ1) is 7.06. The summed E-state index contributed by atoms with van der Waals surface area (Å²) in [5.74, 6) is 2.69. The maximum atomic E-state index is 6.25. The van der Waals surface area contributed by atoms with Crippen LogP contribution in [0.2, 0.25) is 19.1 Å². The molecule has 15 heavy (non-hydrogen) atoms. The molecule has 0 aromatic heterocycles. The summed E-state index contributed by atoms with van der Waals surface area (Å²) in [6.45, 7) is 4.46. The fourth-order valence-corrected chi connectivity index (χ4v) is 3.15. The number of hydrogen-bond acceptors (Lipinski definition) is 0. The van der Waals surface area contributed by atoms with Crippen LogP contribution in [0.25, 0.3) is 0 Å². The Morgan fingerprint density at radius 2 is 1.40 bits per heavy atom. The predicted octanol–water partition coefficient (Wildman–Crippen LogP) is 5.18. The average molecular weight is 245 g/mol. The van der Waals surface area contributed by atoms with Crippen LogP contribution in [0.15, 0.2) is 0 Å². The van der Waals surface area contributed by atoms with Gasteiger partial charge in [0, 0.05) is 6.42 Å². The highest BCUT2D eigenvalue weighted by Crippen LogP contribution is 2.19. The minimum Gasteiger partial charge on any atom is -0.168 e. The van der Waals surface area contributed by atoms with E-state index in [4.69, 9.17) is 17.5 Å². The van der Waals surface area contributed by atoms with Crippen molar-refractivity contribution < 1.29 is 0 Å². The van der Waals surface area contributed by atoms with E-state index >= 15 is 0 Å². The van der Waals surface area contributed by atoms with Crippen molar-refractivity contribution >= 4 is 18.5 Å². The van der Waals surface area contributed by atoms with Crippen LogP contribution in [0, 0.1) is 12.3 Å². The van der Waals surface area contributed by atoms with Crippen LogP contribution >= 0.6 is 11.1 Å². The van der Waals surface area contributed by atoms with Gasteiger partial charge < -0.3 is 0 Å². The molecule has 0 nitrogen and oxygen atoms in total. The third-order valence-electron chi connectivity index (χ3n) is 2.59. The van der Waals surface area contributed by atoms with Crippen LogP contribution in [-0.2, 0) is 0 Å². The lowest BCUT2D eigenvalue weighted by atomic mass is 10.1. The van der Waals surface area contributed by atoms with E-state index in [-0.39, 0.29) is 0 Å². The Morgan fingerprint density at radius 3 is 1.87 bits per heavy atom. The van der Waals surface area contributed by atoms with Crippen molar-refractivity contribution in [1.29, 1.82) is 0 Å². The van der Waals surface area contributed by atoms with E-state index in [1.807, 2.05) is 0 Å². The first kappa shape index (κ1) is 15.1. The van der Waals surface area contributed by atoms with Crippen LogP contribution in [0.4, 0.5) is 0 Å². The second-order valence-corrected chi connectivity index (χ2v) is 11.9. The Labute approximate surface area is 102 Å². The third kappa shape index (κ3) is 14.1. The maximum absolute atomic E-state index is 6.25. The fraction of sp³-hybridized carbons (Fsp3) is 0.846. The topological polar surface area (TPSA) is 0 Å². The van der Waals surface area contributed by atoms with Gasteiger partial charge >= 0.3 is 0 Å². The van der Waals surface area contributed by atoms with Gasteiger partial charge in [-0.3, -0.25) is 0 Å². The van der Waals surface area contributed by atoms with Crippen LogP contribution in [-0.4, -0.2) is 7.38 Å². The molecule has 0 aliphatic rings. The molecule has 0 spiro atoms. The number of unbranched alkanes of at least 4 members (excludes halogenated alkanes) is 7. The summed E-state index contributed by atoms with van der Waals surface area (Å²) in [4.78, 5) is 0. The van der Waals surface area contributed by atoms with Gasteiger partial charge in [0.25, 0.3) is 0 Å². The van der Waals surface area contributed by atoms with Crippen molar-refractivity contribution in [3.63, 3.8) is 0 Å². The molecule has 2 heteroatoms. The number of terminal acetylenes is 1. The van der Waals surface area contributed by atoms with Crippen LogP contribution in [0.5, 0.6) is 0 Å². The molecule has 88 valence electrons. The highest BCUT2D eigenvalue weighted by Gasteiger charge is 2.15. The number of halogens is 1. The summed E-state index contributed by atoms with van der Waals surface area (Å²) in [6.07, 6.45) is 15.4. The molecule has 0 unspecified atom stereocenters. The molecule has 0 saturated heterocycles. The van der Waals surface area contributed by atoms with Crippen molar-refractivity contribution in [2.24, 2.45) is 0 Å². The van der Waals surface area contributed by atoms with E-state index in [0.29, 0.717) is 0 Å². The molecule has 0 aliphatic carbocycles. The molecule has 0 heterocycles. The van der Waals surface area contributed by atoms with E-state index in [1.54, 1.807) is 0 Å². The minimum atomic E-state index is -1.29. The van der Waals surface area contributed by atoms with E-state index in [1.165, 1.54) is 51.0 Å². The largest absolute Gasteiger partial charge is 0.168 e. The number of hydrogen-bond donors (Lipinski definition) is 0. The van der Waals surface area contributed by atoms with Gasteiger partial charge in [-0.15, -0.1) is 12.3 Å². The Hall–Kier alpha value is 0.0669. The fourth-order valence-electron chi connectivity index (χ4n) is 1.66. The van der Waals surface area contributed by atoms with Crippen molar-refractivity contribution in [2.45, 2.75) is 70.5 Å². The zero-order chi connectivity index (χ0) is 11.6. The zero-order valence-electron chi connectivity index (χ0n) is 10.3. The van der Waals surface area contributed by atoms with E-state index < -0.39 is 7.38 Å². The van der Waals surface area contributed by atoms with Gasteiger partial charge in [0.05, 0.1) is 0 Å². The smallest absolute Gasteiger partial charge is 0.150 e. The zero-order valence-corrected chi connectivity index (χ0v) is 12.1. The Balaban J connectivity index is 3.03. The molecule has 0 aromatic carbocycles. The van der Waals surface area contributed by atoms with Crippen LogP contribution in [0.3, 0.4) is 0 Å². The highest BCUT2D eigenvalue weighted by atomic mass is 35.6. The minimum absolute atomic E-state index is 0.950. The normalized spacial score (nSPS) is 11.3. The lowest BCUT2D eigenvalue weighted by molar-refractivity contribution is 0.593. The Bertz CT molecular complexity index is 176. The lowest BCUT2D eigenvalue weighted by Gasteiger charge is -2.11. The third-order valence-corrected chi connectivity index (χ3v) is 4.70. The second kappa shape index (κ2) is 9.30. The Kier molecular flexibility index (Phi) is 9.35. The molecule has 0 atom stereocenters. The molecule has 0 N–H and O–H groups in total. The van der Waals surface area contributed by atoms with Gasteiger partial charge in [-0.25, -0.2) is 0 Å². The van der Waals surface area contributed by atoms with Gasteiger partial charge in [0.1, 0.15) is 7.38 Å². The molecule has 0 saturated carbocycles. The number of rotatable bonds is 9. The molecule has 0 bridgehead atoms. The maximum Gasteiger partial charge on any atom is 0.150 e. The summed E-state index contributed by atoms with van der Waals surface area (Å²) in [6, 6.07) is 1.27. The van der Waals surface area contributed by atoms with Crippen molar-refractivity contribution in [3.05, 3.63) is 0 Å². The van der Waals surface area contributed by atoms with E-state index in [2.05, 4.69) is 19.0 Å². The van der Waals surface area contributed by atoms with Gasteiger partial charge in [-0.05, 0) is 12.5 Å². The molecule has 0 aliphatic heterocycles. The van der Waals surface area contributed by atoms with Gasteiger partial charge in [0.15, 0.2) is 0 Å². The SMILES string of the molecule is C#CCCCCCCCCC[Si](C)(C)Cl. The predicted molar refractivity (Wildman–Crippen MR) is 73.9 cm³/mol.